The highest BCUT2D eigenvalue weighted by Crippen LogP contribution is 2.18. The SMILES string of the molecule is CON=C(C1=NOCCS1)c1ccccc1C=NOC(C)C(C)=NOC. The largest absolute Gasteiger partial charge is 0.399 e. The van der Waals surface area contributed by atoms with Crippen LogP contribution in [-0.4, -0.2) is 55.4 Å². The molecule has 0 amide bonds. The predicted molar refractivity (Wildman–Crippen MR) is 104 cm³/mol. The molecule has 2 rings (SSSR count). The van der Waals surface area contributed by atoms with E-state index in [0.29, 0.717) is 23.1 Å². The van der Waals surface area contributed by atoms with Crippen LogP contribution >= 0.6 is 11.8 Å². The third-order valence-corrected chi connectivity index (χ3v) is 4.31. The fourth-order valence-electron chi connectivity index (χ4n) is 2.01. The van der Waals surface area contributed by atoms with Gasteiger partial charge in [-0.25, -0.2) is 0 Å². The van der Waals surface area contributed by atoms with E-state index in [-0.39, 0.29) is 6.10 Å². The molecule has 0 saturated carbocycles. The summed E-state index contributed by atoms with van der Waals surface area (Å²) in [7, 11) is 2.98. The molecule has 1 unspecified atom stereocenters. The van der Waals surface area contributed by atoms with Gasteiger partial charge in [0, 0.05) is 16.9 Å². The van der Waals surface area contributed by atoms with Gasteiger partial charge < -0.3 is 19.4 Å². The molecule has 140 valence electrons. The second-order valence-electron chi connectivity index (χ2n) is 5.19. The zero-order valence-electron chi connectivity index (χ0n) is 15.2. The van der Waals surface area contributed by atoms with E-state index in [9.17, 15) is 0 Å². The Bertz CT molecular complexity index is 718. The van der Waals surface area contributed by atoms with Crippen molar-refractivity contribution in [1.29, 1.82) is 0 Å². The topological polar surface area (TPSA) is 86.4 Å². The minimum atomic E-state index is -0.308. The summed E-state index contributed by atoms with van der Waals surface area (Å²) in [5, 5.41) is 16.8. The van der Waals surface area contributed by atoms with Gasteiger partial charge in [0.2, 0.25) is 0 Å². The Labute approximate surface area is 156 Å². The molecule has 0 radical (unpaired) electrons. The highest BCUT2D eigenvalue weighted by Gasteiger charge is 2.20. The molecule has 9 heteroatoms. The van der Waals surface area contributed by atoms with Crippen LogP contribution in [0.5, 0.6) is 0 Å². The average molecular weight is 378 g/mol. The number of thioether (sulfide) groups is 1. The van der Waals surface area contributed by atoms with E-state index >= 15 is 0 Å². The quantitative estimate of drug-likeness (QED) is 0.513. The molecule has 1 aromatic carbocycles. The number of oxime groups is 4. The van der Waals surface area contributed by atoms with E-state index < -0.39 is 0 Å². The first kappa shape index (κ1) is 19.8. The van der Waals surface area contributed by atoms with Crippen LogP contribution in [0.3, 0.4) is 0 Å². The number of nitrogens with zero attached hydrogens (tertiary/aromatic N) is 4. The molecule has 0 N–H and O–H groups in total. The van der Waals surface area contributed by atoms with Crippen LogP contribution in [0.4, 0.5) is 0 Å². The lowest BCUT2D eigenvalue weighted by Gasteiger charge is -2.14. The molecule has 8 nitrogen and oxygen atoms in total. The van der Waals surface area contributed by atoms with Crippen LogP contribution in [0.15, 0.2) is 44.9 Å². The van der Waals surface area contributed by atoms with Gasteiger partial charge in [-0.05, 0) is 13.8 Å². The predicted octanol–water partition coefficient (Wildman–Crippen LogP) is 2.88. The van der Waals surface area contributed by atoms with E-state index in [1.165, 1.54) is 14.2 Å². The third kappa shape index (κ3) is 5.48. The number of rotatable bonds is 8. The van der Waals surface area contributed by atoms with Crippen molar-refractivity contribution >= 4 is 34.4 Å². The van der Waals surface area contributed by atoms with E-state index in [4.69, 9.17) is 19.4 Å². The van der Waals surface area contributed by atoms with Crippen molar-refractivity contribution < 1.29 is 19.4 Å². The molecular formula is C17H22N4O4S. The lowest BCUT2D eigenvalue weighted by atomic mass is 10.0. The highest BCUT2D eigenvalue weighted by molar-refractivity contribution is 8.15. The van der Waals surface area contributed by atoms with Crippen molar-refractivity contribution in [3.05, 3.63) is 35.4 Å². The fraction of sp³-hybridized carbons (Fsp3) is 0.412. The summed E-state index contributed by atoms with van der Waals surface area (Å²) in [6, 6.07) is 7.63. The van der Waals surface area contributed by atoms with Gasteiger partial charge in [0.15, 0.2) is 11.1 Å². The summed E-state index contributed by atoms with van der Waals surface area (Å²) in [6.07, 6.45) is 1.31. The molecule has 0 fully saturated rings. The second kappa shape index (κ2) is 10.4. The Balaban J connectivity index is 2.23. The first-order chi connectivity index (χ1) is 12.7. The van der Waals surface area contributed by atoms with Crippen molar-refractivity contribution in [2.24, 2.45) is 20.6 Å². The molecule has 1 aliphatic heterocycles. The van der Waals surface area contributed by atoms with Crippen LogP contribution < -0.4 is 0 Å². The minimum absolute atomic E-state index is 0.308. The summed E-state index contributed by atoms with van der Waals surface area (Å²) >= 11 is 1.56. The molecule has 1 aliphatic rings. The Hall–Kier alpha value is -2.55. The van der Waals surface area contributed by atoms with Crippen molar-refractivity contribution in [2.75, 3.05) is 26.6 Å². The molecule has 1 aromatic rings. The molecule has 0 bridgehead atoms. The van der Waals surface area contributed by atoms with Crippen molar-refractivity contribution in [1.82, 2.24) is 0 Å². The lowest BCUT2D eigenvalue weighted by molar-refractivity contribution is 0.114. The first-order valence-corrected chi connectivity index (χ1v) is 8.96. The van der Waals surface area contributed by atoms with Gasteiger partial charge in [-0.15, -0.1) is 0 Å². The van der Waals surface area contributed by atoms with Crippen molar-refractivity contribution in [2.45, 2.75) is 20.0 Å². The summed E-state index contributed by atoms with van der Waals surface area (Å²) in [4.78, 5) is 20.3. The first-order valence-electron chi connectivity index (χ1n) is 7.98. The Morgan fingerprint density at radius 2 is 2.04 bits per heavy atom. The Morgan fingerprint density at radius 1 is 1.27 bits per heavy atom. The molecular weight excluding hydrogens is 356 g/mol. The molecule has 0 spiro atoms. The van der Waals surface area contributed by atoms with Crippen LogP contribution in [0.25, 0.3) is 0 Å². The van der Waals surface area contributed by atoms with Crippen molar-refractivity contribution in [3.8, 4) is 0 Å². The maximum atomic E-state index is 5.43. The third-order valence-electron chi connectivity index (χ3n) is 3.40. The summed E-state index contributed by atoms with van der Waals surface area (Å²) in [5.41, 5.74) is 2.90. The Morgan fingerprint density at radius 3 is 2.73 bits per heavy atom. The van der Waals surface area contributed by atoms with Crippen LogP contribution in [0.2, 0.25) is 0 Å². The van der Waals surface area contributed by atoms with E-state index in [2.05, 4.69) is 20.6 Å². The number of hydrogen-bond donors (Lipinski definition) is 0. The van der Waals surface area contributed by atoms with Crippen LogP contribution in [0, 0.1) is 0 Å². The van der Waals surface area contributed by atoms with Gasteiger partial charge in [0.25, 0.3) is 0 Å². The number of benzene rings is 1. The minimum Gasteiger partial charge on any atom is -0.399 e. The number of hydrogen-bond acceptors (Lipinski definition) is 9. The molecule has 1 atom stereocenters. The van der Waals surface area contributed by atoms with Crippen molar-refractivity contribution in [3.63, 3.8) is 0 Å². The van der Waals surface area contributed by atoms with Crippen LogP contribution in [-0.2, 0) is 19.4 Å². The smallest absolute Gasteiger partial charge is 0.165 e. The average Bonchev–Trinajstić information content (AvgIpc) is 2.67. The Kier molecular flexibility index (Phi) is 7.94. The lowest BCUT2D eigenvalue weighted by Crippen LogP contribution is -2.20. The maximum absolute atomic E-state index is 5.43. The fourth-order valence-corrected chi connectivity index (χ4v) is 2.75. The van der Waals surface area contributed by atoms with Gasteiger partial charge in [-0.2, -0.15) is 0 Å². The molecule has 1 heterocycles. The monoisotopic (exact) mass is 378 g/mol. The normalized spacial score (nSPS) is 16.7. The van der Waals surface area contributed by atoms with E-state index in [1.807, 2.05) is 31.2 Å². The molecule has 0 aromatic heterocycles. The summed E-state index contributed by atoms with van der Waals surface area (Å²) < 4.78 is 0. The van der Waals surface area contributed by atoms with E-state index in [1.54, 1.807) is 24.9 Å². The van der Waals surface area contributed by atoms with Gasteiger partial charge in [-0.1, -0.05) is 56.7 Å². The summed E-state index contributed by atoms with van der Waals surface area (Å²) in [6.45, 7) is 4.22. The molecule has 0 saturated heterocycles. The zero-order chi connectivity index (χ0) is 18.8. The van der Waals surface area contributed by atoms with Gasteiger partial charge in [0.1, 0.15) is 26.5 Å². The van der Waals surface area contributed by atoms with Gasteiger partial charge >= 0.3 is 0 Å². The summed E-state index contributed by atoms with van der Waals surface area (Å²) in [5.74, 6) is 0.802. The van der Waals surface area contributed by atoms with Gasteiger partial charge in [-0.3, -0.25) is 0 Å². The standard InChI is InChI=1S/C17H22N4O4S/c1-12(19-22-3)13(2)25-18-11-14-7-5-6-8-15(14)16(20-23-4)17-21-24-9-10-26-17/h5-8,11,13H,9-10H2,1-4H3. The zero-order valence-corrected chi connectivity index (χ0v) is 16.0. The maximum Gasteiger partial charge on any atom is 0.165 e. The molecule has 0 aliphatic carbocycles. The van der Waals surface area contributed by atoms with E-state index in [0.717, 1.165) is 16.9 Å². The highest BCUT2D eigenvalue weighted by atomic mass is 32.2. The second-order valence-corrected chi connectivity index (χ2v) is 6.27. The van der Waals surface area contributed by atoms with Gasteiger partial charge in [0.05, 0.1) is 11.9 Å². The van der Waals surface area contributed by atoms with Crippen LogP contribution in [0.1, 0.15) is 25.0 Å². The molecule has 26 heavy (non-hydrogen) atoms.